The number of carbonyl (C=O) groups excluding carboxylic acids is 1. The molecule has 0 spiro atoms. The van der Waals surface area contributed by atoms with Crippen LogP contribution in [0.5, 0.6) is 5.75 Å². The number of morpholine rings is 1. The zero-order valence-electron chi connectivity index (χ0n) is 11.9. The molecule has 1 N–H and O–H groups in total. The molecule has 20 heavy (non-hydrogen) atoms. The first-order valence-corrected chi connectivity index (χ1v) is 6.55. The predicted octanol–water partition coefficient (Wildman–Crippen LogP) is 2.48. The number of hydrogen-bond acceptors (Lipinski definition) is 3. The van der Waals surface area contributed by atoms with E-state index in [1.54, 1.807) is 4.90 Å². The van der Waals surface area contributed by atoms with Gasteiger partial charge in [-0.25, -0.2) is 9.18 Å². The fraction of sp³-hybridized carbons (Fsp3) is 0.500. The highest BCUT2D eigenvalue weighted by Gasteiger charge is 2.29. The maximum Gasteiger partial charge on any atom is 0.322 e. The van der Waals surface area contributed by atoms with Crippen LogP contribution < -0.4 is 10.1 Å². The quantitative estimate of drug-likeness (QED) is 0.906. The molecular formula is C14H19FN2O3. The molecule has 2 atom stereocenters. The normalized spacial score (nSPS) is 22.5. The molecule has 5 nitrogen and oxygen atoms in total. The smallest absolute Gasteiger partial charge is 0.322 e. The summed E-state index contributed by atoms with van der Waals surface area (Å²) < 4.78 is 23.9. The van der Waals surface area contributed by atoms with E-state index >= 15 is 0 Å². The van der Waals surface area contributed by atoms with E-state index in [0.717, 1.165) is 0 Å². The van der Waals surface area contributed by atoms with Gasteiger partial charge in [-0.2, -0.15) is 0 Å². The first kappa shape index (κ1) is 14.6. The molecule has 110 valence electrons. The lowest BCUT2D eigenvalue weighted by Gasteiger charge is -2.37. The highest BCUT2D eigenvalue weighted by molar-refractivity contribution is 5.91. The van der Waals surface area contributed by atoms with Gasteiger partial charge in [0, 0.05) is 12.6 Å². The first-order chi connectivity index (χ1) is 9.52. The SMILES string of the molecule is COc1ccc(F)cc1NC(=O)N1CCOC(C)C1C. The van der Waals surface area contributed by atoms with Crippen molar-refractivity contribution in [1.82, 2.24) is 4.90 Å². The van der Waals surface area contributed by atoms with Gasteiger partial charge in [-0.15, -0.1) is 0 Å². The molecule has 0 aliphatic carbocycles. The number of ether oxygens (including phenoxy) is 2. The van der Waals surface area contributed by atoms with Gasteiger partial charge in [-0.1, -0.05) is 0 Å². The van der Waals surface area contributed by atoms with Gasteiger partial charge in [-0.05, 0) is 26.0 Å². The number of amides is 2. The molecule has 2 unspecified atom stereocenters. The number of urea groups is 1. The van der Waals surface area contributed by atoms with Crippen LogP contribution in [-0.4, -0.2) is 43.3 Å². The third-order valence-electron chi connectivity index (χ3n) is 3.55. The summed E-state index contributed by atoms with van der Waals surface area (Å²) >= 11 is 0. The molecular weight excluding hydrogens is 263 g/mol. The van der Waals surface area contributed by atoms with Crippen LogP contribution in [0.3, 0.4) is 0 Å². The molecule has 1 aromatic rings. The number of nitrogens with one attached hydrogen (secondary N) is 1. The van der Waals surface area contributed by atoms with E-state index in [0.29, 0.717) is 24.6 Å². The third kappa shape index (κ3) is 3.01. The number of hydrogen-bond donors (Lipinski definition) is 1. The van der Waals surface area contributed by atoms with Crippen LogP contribution in [0.15, 0.2) is 18.2 Å². The maximum absolute atomic E-state index is 13.3. The molecule has 1 heterocycles. The lowest BCUT2D eigenvalue weighted by atomic mass is 10.1. The molecule has 2 rings (SSSR count). The number of rotatable bonds is 2. The van der Waals surface area contributed by atoms with Crippen molar-refractivity contribution < 1.29 is 18.7 Å². The van der Waals surface area contributed by atoms with Crippen molar-refractivity contribution in [3.63, 3.8) is 0 Å². The molecule has 6 heteroatoms. The van der Waals surface area contributed by atoms with Crippen LogP contribution in [0, 0.1) is 5.82 Å². The van der Waals surface area contributed by atoms with Crippen molar-refractivity contribution in [2.75, 3.05) is 25.6 Å². The summed E-state index contributed by atoms with van der Waals surface area (Å²) in [6, 6.07) is 3.69. The summed E-state index contributed by atoms with van der Waals surface area (Å²) in [5.41, 5.74) is 0.323. The van der Waals surface area contributed by atoms with Crippen LogP contribution >= 0.6 is 0 Å². The van der Waals surface area contributed by atoms with Gasteiger partial charge in [0.1, 0.15) is 11.6 Å². The molecule has 1 saturated heterocycles. The minimum atomic E-state index is -0.426. The first-order valence-electron chi connectivity index (χ1n) is 6.55. The van der Waals surface area contributed by atoms with E-state index in [1.807, 2.05) is 13.8 Å². The van der Waals surface area contributed by atoms with Gasteiger partial charge >= 0.3 is 6.03 Å². The lowest BCUT2D eigenvalue weighted by Crippen LogP contribution is -2.52. The zero-order valence-corrected chi connectivity index (χ0v) is 11.9. The van der Waals surface area contributed by atoms with Crippen LogP contribution in [0.25, 0.3) is 0 Å². The summed E-state index contributed by atoms with van der Waals surface area (Å²) in [5, 5.41) is 2.69. The van der Waals surface area contributed by atoms with Crippen molar-refractivity contribution in [3.8, 4) is 5.75 Å². The van der Waals surface area contributed by atoms with Crippen molar-refractivity contribution in [2.24, 2.45) is 0 Å². The molecule has 0 aromatic heterocycles. The highest BCUT2D eigenvalue weighted by Crippen LogP contribution is 2.26. The Labute approximate surface area is 117 Å². The molecule has 1 aromatic carbocycles. The van der Waals surface area contributed by atoms with E-state index < -0.39 is 5.82 Å². The van der Waals surface area contributed by atoms with Crippen molar-refractivity contribution in [3.05, 3.63) is 24.0 Å². The fourth-order valence-electron chi connectivity index (χ4n) is 2.18. The Morgan fingerprint density at radius 1 is 1.50 bits per heavy atom. The van der Waals surface area contributed by atoms with Crippen LogP contribution in [0.4, 0.5) is 14.9 Å². The Balaban J connectivity index is 2.13. The topological polar surface area (TPSA) is 50.8 Å². The van der Waals surface area contributed by atoms with E-state index in [9.17, 15) is 9.18 Å². The van der Waals surface area contributed by atoms with Gasteiger partial charge < -0.3 is 19.7 Å². The van der Waals surface area contributed by atoms with Crippen LogP contribution in [0.1, 0.15) is 13.8 Å². The second-order valence-corrected chi connectivity index (χ2v) is 4.78. The largest absolute Gasteiger partial charge is 0.495 e. The maximum atomic E-state index is 13.3. The molecule has 0 radical (unpaired) electrons. The van der Waals surface area contributed by atoms with Gasteiger partial charge in [0.05, 0.1) is 31.5 Å². The average molecular weight is 282 g/mol. The van der Waals surface area contributed by atoms with Crippen LogP contribution in [0.2, 0.25) is 0 Å². The minimum absolute atomic E-state index is 0.0242. The molecule has 1 aliphatic heterocycles. The Morgan fingerprint density at radius 3 is 2.95 bits per heavy atom. The number of carbonyl (C=O) groups is 1. The summed E-state index contributed by atoms with van der Waals surface area (Å²) in [6.07, 6.45) is -0.0242. The summed E-state index contributed by atoms with van der Waals surface area (Å²) in [7, 11) is 1.47. The molecule has 0 bridgehead atoms. The van der Waals surface area contributed by atoms with E-state index in [-0.39, 0.29) is 18.2 Å². The fourth-order valence-corrected chi connectivity index (χ4v) is 2.18. The standard InChI is InChI=1S/C14H19FN2O3/c1-9-10(2)20-7-6-17(9)14(18)16-12-8-11(15)4-5-13(12)19-3/h4-5,8-10H,6-7H2,1-3H3,(H,16,18). The predicted molar refractivity (Wildman–Crippen MR) is 73.6 cm³/mol. The molecule has 2 amide bonds. The summed E-state index contributed by atoms with van der Waals surface area (Å²) in [5.74, 6) is -0.00166. The molecule has 0 saturated carbocycles. The van der Waals surface area contributed by atoms with E-state index in [2.05, 4.69) is 5.32 Å². The number of methoxy groups -OCH3 is 1. The summed E-state index contributed by atoms with van der Waals surface area (Å²) in [6.45, 7) is 4.85. The van der Waals surface area contributed by atoms with Gasteiger partial charge in [0.25, 0.3) is 0 Å². The van der Waals surface area contributed by atoms with Crippen molar-refractivity contribution in [1.29, 1.82) is 0 Å². The minimum Gasteiger partial charge on any atom is -0.495 e. The number of nitrogens with zero attached hydrogens (tertiary/aromatic N) is 1. The van der Waals surface area contributed by atoms with E-state index in [1.165, 1.54) is 25.3 Å². The van der Waals surface area contributed by atoms with Gasteiger partial charge in [-0.3, -0.25) is 0 Å². The number of benzene rings is 1. The van der Waals surface area contributed by atoms with Crippen LogP contribution in [-0.2, 0) is 4.74 Å². The monoisotopic (exact) mass is 282 g/mol. The molecule has 1 aliphatic rings. The average Bonchev–Trinajstić information content (AvgIpc) is 2.42. The number of anilines is 1. The van der Waals surface area contributed by atoms with E-state index in [4.69, 9.17) is 9.47 Å². The Kier molecular flexibility index (Phi) is 4.44. The highest BCUT2D eigenvalue weighted by atomic mass is 19.1. The Morgan fingerprint density at radius 2 is 2.25 bits per heavy atom. The second kappa shape index (κ2) is 6.09. The lowest BCUT2D eigenvalue weighted by molar-refractivity contribution is -0.0355. The van der Waals surface area contributed by atoms with Gasteiger partial charge in [0.2, 0.25) is 0 Å². The third-order valence-corrected chi connectivity index (χ3v) is 3.55. The Bertz CT molecular complexity index is 495. The Hall–Kier alpha value is -1.82. The summed E-state index contributed by atoms with van der Waals surface area (Å²) in [4.78, 5) is 14.0. The number of halogens is 1. The second-order valence-electron chi connectivity index (χ2n) is 4.78. The molecule has 1 fully saturated rings. The van der Waals surface area contributed by atoms with Crippen molar-refractivity contribution >= 4 is 11.7 Å². The van der Waals surface area contributed by atoms with Gasteiger partial charge in [0.15, 0.2) is 0 Å². The van der Waals surface area contributed by atoms with Crippen molar-refractivity contribution in [2.45, 2.75) is 26.0 Å². The zero-order chi connectivity index (χ0) is 14.7.